The molecule has 0 radical (unpaired) electrons. The van der Waals surface area contributed by atoms with E-state index in [9.17, 15) is 4.79 Å². The van der Waals surface area contributed by atoms with Crippen LogP contribution in [0.3, 0.4) is 0 Å². The number of hydrogen-bond donors (Lipinski definition) is 0. The summed E-state index contributed by atoms with van der Waals surface area (Å²) in [6.07, 6.45) is 10.4. The van der Waals surface area contributed by atoms with E-state index in [0.29, 0.717) is 13.0 Å². The molecule has 1 aliphatic heterocycles. The SMILES string of the molecule is O=C1CCON1CCCC1CC2CCC(C1)C2. The third-order valence-corrected chi connectivity index (χ3v) is 4.80. The summed E-state index contributed by atoms with van der Waals surface area (Å²) in [5, 5.41) is 1.58. The molecule has 2 atom stereocenters. The summed E-state index contributed by atoms with van der Waals surface area (Å²) in [4.78, 5) is 16.7. The van der Waals surface area contributed by atoms with Crippen molar-refractivity contribution in [2.24, 2.45) is 17.8 Å². The van der Waals surface area contributed by atoms with Crippen LogP contribution in [0.25, 0.3) is 0 Å². The lowest BCUT2D eigenvalue weighted by Gasteiger charge is -2.28. The van der Waals surface area contributed by atoms with Gasteiger partial charge in [0.25, 0.3) is 0 Å². The number of hydroxylamine groups is 2. The van der Waals surface area contributed by atoms with Gasteiger partial charge in [-0.3, -0.25) is 9.63 Å². The van der Waals surface area contributed by atoms with Crippen LogP contribution < -0.4 is 0 Å². The van der Waals surface area contributed by atoms with Crippen molar-refractivity contribution in [3.63, 3.8) is 0 Å². The van der Waals surface area contributed by atoms with Gasteiger partial charge in [0.05, 0.1) is 13.0 Å². The lowest BCUT2D eigenvalue weighted by atomic mass is 9.79. The maximum Gasteiger partial charge on any atom is 0.248 e. The maximum atomic E-state index is 11.4. The van der Waals surface area contributed by atoms with Gasteiger partial charge in [0.1, 0.15) is 0 Å². The Bertz CT molecular complexity index is 280. The molecule has 1 saturated heterocycles. The van der Waals surface area contributed by atoms with Crippen LogP contribution in [0, 0.1) is 17.8 Å². The van der Waals surface area contributed by atoms with Crippen LogP contribution in [0.15, 0.2) is 0 Å². The van der Waals surface area contributed by atoms with Gasteiger partial charge >= 0.3 is 0 Å². The van der Waals surface area contributed by atoms with Crippen LogP contribution in [-0.4, -0.2) is 24.1 Å². The van der Waals surface area contributed by atoms with Gasteiger partial charge in [-0.25, -0.2) is 5.06 Å². The van der Waals surface area contributed by atoms with Crippen molar-refractivity contribution < 1.29 is 9.63 Å². The fourth-order valence-electron chi connectivity index (χ4n) is 4.03. The average molecular weight is 237 g/mol. The normalized spacial score (nSPS) is 36.8. The summed E-state index contributed by atoms with van der Waals surface area (Å²) in [6, 6.07) is 0. The lowest BCUT2D eigenvalue weighted by molar-refractivity contribution is -0.161. The van der Waals surface area contributed by atoms with Gasteiger partial charge in [0, 0.05) is 6.54 Å². The molecular weight excluding hydrogens is 214 g/mol. The van der Waals surface area contributed by atoms with Crippen molar-refractivity contribution in [2.45, 2.75) is 51.4 Å². The minimum absolute atomic E-state index is 0.175. The number of amides is 1. The number of carbonyl (C=O) groups excluding carboxylic acids is 1. The Hall–Kier alpha value is -0.570. The van der Waals surface area contributed by atoms with E-state index in [4.69, 9.17) is 4.84 Å². The van der Waals surface area contributed by atoms with E-state index in [-0.39, 0.29) is 5.91 Å². The fraction of sp³-hybridized carbons (Fsp3) is 0.929. The summed E-state index contributed by atoms with van der Waals surface area (Å²) in [6.45, 7) is 1.40. The topological polar surface area (TPSA) is 29.5 Å². The first-order chi connectivity index (χ1) is 8.31. The van der Waals surface area contributed by atoms with E-state index < -0.39 is 0 Å². The lowest BCUT2D eigenvalue weighted by Crippen LogP contribution is -2.25. The highest BCUT2D eigenvalue weighted by Crippen LogP contribution is 2.45. The molecule has 0 N–H and O–H groups in total. The quantitative estimate of drug-likeness (QED) is 0.752. The molecule has 2 bridgehead atoms. The van der Waals surface area contributed by atoms with Gasteiger partial charge in [-0.2, -0.15) is 0 Å². The van der Waals surface area contributed by atoms with Crippen LogP contribution >= 0.6 is 0 Å². The highest BCUT2D eigenvalue weighted by atomic mass is 16.7. The molecule has 2 unspecified atom stereocenters. The third-order valence-electron chi connectivity index (χ3n) is 4.80. The molecule has 1 heterocycles. The first-order valence-electron chi connectivity index (χ1n) is 7.24. The molecule has 0 aromatic heterocycles. The molecule has 17 heavy (non-hydrogen) atoms. The second-order valence-electron chi connectivity index (χ2n) is 6.10. The number of hydrogen-bond acceptors (Lipinski definition) is 2. The van der Waals surface area contributed by atoms with Gasteiger partial charge in [-0.1, -0.05) is 12.8 Å². The van der Waals surface area contributed by atoms with Crippen LogP contribution in [0.4, 0.5) is 0 Å². The Labute approximate surface area is 103 Å². The van der Waals surface area contributed by atoms with E-state index in [1.54, 1.807) is 5.06 Å². The fourth-order valence-corrected chi connectivity index (χ4v) is 4.03. The summed E-state index contributed by atoms with van der Waals surface area (Å²) in [5.41, 5.74) is 0. The molecule has 0 aromatic rings. The predicted octanol–water partition coefficient (Wildman–Crippen LogP) is 2.76. The molecule has 96 valence electrons. The monoisotopic (exact) mass is 237 g/mol. The molecule has 3 aliphatic rings. The smallest absolute Gasteiger partial charge is 0.248 e. The molecule has 0 aromatic carbocycles. The van der Waals surface area contributed by atoms with Crippen molar-refractivity contribution in [2.75, 3.05) is 13.2 Å². The summed E-state index contributed by atoms with van der Waals surface area (Å²) >= 11 is 0. The Balaban J connectivity index is 1.38. The maximum absolute atomic E-state index is 11.4. The molecule has 3 nitrogen and oxygen atoms in total. The molecule has 3 rings (SSSR count). The minimum atomic E-state index is 0.175. The van der Waals surface area contributed by atoms with Crippen LogP contribution in [-0.2, 0) is 9.63 Å². The van der Waals surface area contributed by atoms with Gasteiger partial charge < -0.3 is 0 Å². The molecule has 2 aliphatic carbocycles. The summed E-state index contributed by atoms with van der Waals surface area (Å²) < 4.78 is 0. The first kappa shape index (κ1) is 11.5. The van der Waals surface area contributed by atoms with E-state index in [1.807, 2.05) is 0 Å². The summed E-state index contributed by atoms with van der Waals surface area (Å²) in [7, 11) is 0. The number of rotatable bonds is 4. The molecule has 3 fully saturated rings. The standard InChI is InChI=1S/C14H23NO2/c16-14-5-7-17-15(14)6-1-2-11-8-12-3-4-13(9-11)10-12/h11-13H,1-10H2. The van der Waals surface area contributed by atoms with Crippen LogP contribution in [0.1, 0.15) is 51.4 Å². The zero-order valence-electron chi connectivity index (χ0n) is 10.6. The Morgan fingerprint density at radius 1 is 1.18 bits per heavy atom. The molecular formula is C14H23NO2. The van der Waals surface area contributed by atoms with Crippen molar-refractivity contribution in [3.05, 3.63) is 0 Å². The zero-order valence-corrected chi connectivity index (χ0v) is 10.6. The van der Waals surface area contributed by atoms with E-state index in [2.05, 4.69) is 0 Å². The van der Waals surface area contributed by atoms with Crippen LogP contribution in [0.2, 0.25) is 0 Å². The van der Waals surface area contributed by atoms with Crippen molar-refractivity contribution in [3.8, 4) is 0 Å². The molecule has 1 amide bonds. The zero-order chi connectivity index (χ0) is 11.7. The molecule has 0 spiro atoms. The number of carbonyl (C=O) groups is 1. The summed E-state index contributed by atoms with van der Waals surface area (Å²) in [5.74, 6) is 3.17. The minimum Gasteiger partial charge on any atom is -0.272 e. The Kier molecular flexibility index (Phi) is 3.37. The second kappa shape index (κ2) is 4.97. The third kappa shape index (κ3) is 2.65. The van der Waals surface area contributed by atoms with E-state index in [0.717, 1.165) is 30.7 Å². The van der Waals surface area contributed by atoms with Gasteiger partial charge in [-0.05, 0) is 49.9 Å². The Morgan fingerprint density at radius 3 is 2.59 bits per heavy atom. The predicted molar refractivity (Wildman–Crippen MR) is 65.1 cm³/mol. The van der Waals surface area contributed by atoms with Crippen LogP contribution in [0.5, 0.6) is 0 Å². The largest absolute Gasteiger partial charge is 0.272 e. The first-order valence-corrected chi connectivity index (χ1v) is 7.24. The highest BCUT2D eigenvalue weighted by Gasteiger charge is 2.33. The van der Waals surface area contributed by atoms with Gasteiger partial charge in [0.2, 0.25) is 5.91 Å². The van der Waals surface area contributed by atoms with E-state index in [1.165, 1.54) is 38.5 Å². The second-order valence-corrected chi connectivity index (χ2v) is 6.10. The van der Waals surface area contributed by atoms with Gasteiger partial charge in [0.15, 0.2) is 0 Å². The molecule has 2 saturated carbocycles. The number of fused-ring (bicyclic) bond motifs is 2. The van der Waals surface area contributed by atoms with Gasteiger partial charge in [-0.15, -0.1) is 0 Å². The Morgan fingerprint density at radius 2 is 1.94 bits per heavy atom. The van der Waals surface area contributed by atoms with E-state index >= 15 is 0 Å². The molecule has 3 heteroatoms. The highest BCUT2D eigenvalue weighted by molar-refractivity contribution is 5.76. The van der Waals surface area contributed by atoms with Crippen molar-refractivity contribution in [1.29, 1.82) is 0 Å². The van der Waals surface area contributed by atoms with Crippen molar-refractivity contribution >= 4 is 5.91 Å². The van der Waals surface area contributed by atoms with Crippen molar-refractivity contribution in [1.82, 2.24) is 5.06 Å². The number of nitrogens with zero attached hydrogens (tertiary/aromatic N) is 1. The average Bonchev–Trinajstić information content (AvgIpc) is 2.86.